The van der Waals surface area contributed by atoms with Gasteiger partial charge < -0.3 is 26.0 Å². The molecule has 2 atom stereocenters. The zero-order valence-electron chi connectivity index (χ0n) is 22.5. The number of nitrogens with two attached hydrogens (primary N) is 1. The predicted octanol–water partition coefficient (Wildman–Crippen LogP) is 3.43. The second kappa shape index (κ2) is 14.3. The number of amides is 4. The second-order valence-electron chi connectivity index (χ2n) is 9.91. The fourth-order valence-corrected chi connectivity index (χ4v) is 3.70. The number of rotatable bonds is 13. The van der Waals surface area contributed by atoms with Gasteiger partial charge in [0.1, 0.15) is 17.7 Å². The molecule has 2 unspecified atom stereocenters. The number of nitrogens with one attached hydrogen (secondary N) is 2. The second-order valence-corrected chi connectivity index (χ2v) is 9.91. The molecule has 0 bridgehead atoms. The molecule has 0 aromatic heterocycles. The van der Waals surface area contributed by atoms with Crippen LogP contribution in [0.2, 0.25) is 0 Å². The van der Waals surface area contributed by atoms with E-state index in [1.165, 1.54) is 11.0 Å². The van der Waals surface area contributed by atoms with Crippen molar-refractivity contribution in [3.05, 3.63) is 47.5 Å². The summed E-state index contributed by atoms with van der Waals surface area (Å²) in [6, 6.07) is 3.34. The number of hydrogen-bond acceptors (Lipinski definition) is 5. The lowest BCUT2D eigenvalue weighted by Gasteiger charge is -2.34. The molecule has 0 saturated heterocycles. The smallest absolute Gasteiger partial charge is 0.408 e. The number of hydrogen-bond donors (Lipinski definition) is 3. The summed E-state index contributed by atoms with van der Waals surface area (Å²) in [5.74, 6) is -1.78. The topological polar surface area (TPSA) is 131 Å². The molecular weight excluding hydrogens is 460 g/mol. The first-order valence-electron chi connectivity index (χ1n) is 12.3. The lowest BCUT2D eigenvalue weighted by Crippen LogP contribution is -2.54. The van der Waals surface area contributed by atoms with Gasteiger partial charge >= 0.3 is 6.09 Å². The van der Waals surface area contributed by atoms with E-state index in [1.54, 1.807) is 20.8 Å². The Balaban J connectivity index is 3.46. The van der Waals surface area contributed by atoms with Gasteiger partial charge in [0.25, 0.3) is 0 Å². The van der Waals surface area contributed by atoms with Gasteiger partial charge in [-0.3, -0.25) is 14.4 Å². The molecule has 0 spiro atoms. The summed E-state index contributed by atoms with van der Waals surface area (Å²) in [4.78, 5) is 52.9. The molecule has 1 rings (SSSR count). The first-order chi connectivity index (χ1) is 16.8. The van der Waals surface area contributed by atoms with Crippen LogP contribution in [0.3, 0.4) is 0 Å². The molecule has 0 aliphatic carbocycles. The number of alkyl carbamates (subject to hydrolysis) is 1. The number of ether oxygens (including phenoxy) is 1. The van der Waals surface area contributed by atoms with Crippen molar-refractivity contribution in [1.82, 2.24) is 15.5 Å². The molecule has 0 fully saturated rings. The quantitative estimate of drug-likeness (QED) is 0.281. The zero-order chi connectivity index (χ0) is 27.5. The Hall–Kier alpha value is -3.36. The Labute approximate surface area is 214 Å². The van der Waals surface area contributed by atoms with Crippen molar-refractivity contribution in [2.24, 2.45) is 5.73 Å². The Bertz CT molecular complexity index is 939. The maximum atomic E-state index is 13.8. The van der Waals surface area contributed by atoms with Gasteiger partial charge in [0.2, 0.25) is 17.7 Å². The van der Waals surface area contributed by atoms with Gasteiger partial charge in [-0.15, -0.1) is 6.58 Å². The van der Waals surface area contributed by atoms with E-state index in [0.29, 0.717) is 12.1 Å². The third-order valence-corrected chi connectivity index (χ3v) is 5.37. The molecule has 9 nitrogen and oxygen atoms in total. The molecule has 36 heavy (non-hydrogen) atoms. The highest BCUT2D eigenvalue weighted by Gasteiger charge is 2.37. The van der Waals surface area contributed by atoms with Crippen molar-refractivity contribution in [1.29, 1.82) is 0 Å². The van der Waals surface area contributed by atoms with Crippen molar-refractivity contribution in [2.45, 2.75) is 84.9 Å². The van der Waals surface area contributed by atoms with Gasteiger partial charge in [-0.05, 0) is 52.2 Å². The molecule has 0 heterocycles. The molecule has 1 aromatic rings. The van der Waals surface area contributed by atoms with Gasteiger partial charge in [0, 0.05) is 13.1 Å². The highest BCUT2D eigenvalue weighted by Crippen LogP contribution is 2.27. The van der Waals surface area contributed by atoms with E-state index in [-0.39, 0.29) is 12.5 Å². The molecular formula is C27H42N4O5. The van der Waals surface area contributed by atoms with Crippen LogP contribution in [-0.4, -0.2) is 53.4 Å². The summed E-state index contributed by atoms with van der Waals surface area (Å²) in [7, 11) is 0. The minimum absolute atomic E-state index is 0.00449. The van der Waals surface area contributed by atoms with Crippen molar-refractivity contribution < 1.29 is 23.9 Å². The summed E-state index contributed by atoms with van der Waals surface area (Å²) in [6.45, 7) is 15.1. The minimum atomic E-state index is -1.32. The summed E-state index contributed by atoms with van der Waals surface area (Å²) >= 11 is 0. The van der Waals surface area contributed by atoms with E-state index in [4.69, 9.17) is 10.5 Å². The Morgan fingerprint density at radius 3 is 2.39 bits per heavy atom. The van der Waals surface area contributed by atoms with Crippen LogP contribution in [0.5, 0.6) is 0 Å². The first-order valence-corrected chi connectivity index (χ1v) is 12.3. The monoisotopic (exact) mass is 502 g/mol. The number of nitrogens with zero attached hydrogens (tertiary/aromatic N) is 1. The maximum absolute atomic E-state index is 13.8. The molecule has 200 valence electrons. The highest BCUT2D eigenvalue weighted by atomic mass is 16.6. The lowest BCUT2D eigenvalue weighted by molar-refractivity contribution is -0.142. The SMILES string of the molecule is C=CCN(C(=O)C(CC(N)=O)NC(=O)OC(C)(C)C)C(C(=O)NCCCCC)c1cc(C)ccc1C. The minimum Gasteiger partial charge on any atom is -0.444 e. The molecule has 9 heteroatoms. The number of benzene rings is 1. The van der Waals surface area contributed by atoms with Crippen LogP contribution in [0.25, 0.3) is 0 Å². The normalized spacial score (nSPS) is 12.7. The standard InChI is InChI=1S/C27H42N4O5/c1-8-10-11-14-29-24(33)23(20-16-18(3)12-13-19(20)4)31(15-9-2)25(34)21(17-22(28)32)30-26(35)36-27(5,6)7/h9,12-13,16,21,23H,2,8,10-11,14-15,17H2,1,3-7H3,(H2,28,32)(H,29,33)(H,30,35). The predicted molar refractivity (Wildman–Crippen MR) is 140 cm³/mol. The average Bonchev–Trinajstić information content (AvgIpc) is 2.76. The van der Waals surface area contributed by atoms with Crippen molar-refractivity contribution in [3.8, 4) is 0 Å². The van der Waals surface area contributed by atoms with E-state index in [1.807, 2.05) is 32.0 Å². The van der Waals surface area contributed by atoms with E-state index in [2.05, 4.69) is 24.1 Å². The number of primary amides is 1. The fourth-order valence-electron chi connectivity index (χ4n) is 3.70. The van der Waals surface area contributed by atoms with Crippen molar-refractivity contribution in [2.75, 3.05) is 13.1 Å². The van der Waals surface area contributed by atoms with E-state index >= 15 is 0 Å². The van der Waals surface area contributed by atoms with Crippen LogP contribution in [-0.2, 0) is 19.1 Å². The largest absolute Gasteiger partial charge is 0.444 e. The molecule has 0 radical (unpaired) electrons. The van der Waals surface area contributed by atoms with Gasteiger partial charge in [0.15, 0.2) is 0 Å². The van der Waals surface area contributed by atoms with Gasteiger partial charge in [-0.25, -0.2) is 4.79 Å². The van der Waals surface area contributed by atoms with Gasteiger partial charge in [0.05, 0.1) is 6.42 Å². The first kappa shape index (κ1) is 30.7. The summed E-state index contributed by atoms with van der Waals surface area (Å²) in [5, 5.41) is 5.39. The summed E-state index contributed by atoms with van der Waals surface area (Å²) < 4.78 is 5.27. The van der Waals surface area contributed by atoms with Gasteiger partial charge in [-0.2, -0.15) is 0 Å². The third kappa shape index (κ3) is 10.1. The Morgan fingerprint density at radius 2 is 1.83 bits per heavy atom. The molecule has 0 saturated carbocycles. The molecule has 0 aliphatic heterocycles. The Morgan fingerprint density at radius 1 is 1.17 bits per heavy atom. The molecule has 1 aromatic carbocycles. The van der Waals surface area contributed by atoms with E-state index in [0.717, 1.165) is 30.4 Å². The van der Waals surface area contributed by atoms with E-state index < -0.39 is 42.0 Å². The number of aryl methyl sites for hydroxylation is 2. The number of carbonyl (C=O) groups excluding carboxylic acids is 4. The van der Waals surface area contributed by atoms with Crippen molar-refractivity contribution in [3.63, 3.8) is 0 Å². The highest BCUT2D eigenvalue weighted by molar-refractivity contribution is 5.94. The maximum Gasteiger partial charge on any atom is 0.408 e. The average molecular weight is 503 g/mol. The number of carbonyl (C=O) groups is 4. The van der Waals surface area contributed by atoms with Crippen molar-refractivity contribution >= 4 is 23.8 Å². The van der Waals surface area contributed by atoms with Crippen LogP contribution >= 0.6 is 0 Å². The lowest BCUT2D eigenvalue weighted by atomic mass is 9.96. The van der Waals surface area contributed by atoms with Crippen LogP contribution in [0.15, 0.2) is 30.9 Å². The van der Waals surface area contributed by atoms with Crippen LogP contribution in [0, 0.1) is 13.8 Å². The van der Waals surface area contributed by atoms with Crippen LogP contribution < -0.4 is 16.4 Å². The molecule has 4 amide bonds. The fraction of sp³-hybridized carbons (Fsp3) is 0.556. The van der Waals surface area contributed by atoms with Crippen LogP contribution in [0.4, 0.5) is 4.79 Å². The third-order valence-electron chi connectivity index (χ3n) is 5.37. The number of unbranched alkanes of at least 4 members (excludes halogenated alkanes) is 2. The molecule has 0 aliphatic rings. The summed E-state index contributed by atoms with van der Waals surface area (Å²) in [5.41, 5.74) is 6.97. The summed E-state index contributed by atoms with van der Waals surface area (Å²) in [6.07, 6.45) is 2.94. The zero-order valence-corrected chi connectivity index (χ0v) is 22.5. The Kier molecular flexibility index (Phi) is 12.1. The van der Waals surface area contributed by atoms with Gasteiger partial charge in [-0.1, -0.05) is 49.6 Å². The van der Waals surface area contributed by atoms with E-state index in [9.17, 15) is 19.2 Å². The van der Waals surface area contributed by atoms with Crippen LogP contribution in [0.1, 0.15) is 76.1 Å². The molecule has 4 N–H and O–H groups in total.